The highest BCUT2D eigenvalue weighted by Crippen LogP contribution is 2.30. The van der Waals surface area contributed by atoms with Gasteiger partial charge in [0.1, 0.15) is 0 Å². The Kier molecular flexibility index (Phi) is 6.70. The molecule has 1 heterocycles. The van der Waals surface area contributed by atoms with Crippen LogP contribution in [-0.2, 0) is 21.2 Å². The number of nitrogens with one attached hydrogen (secondary N) is 2. The van der Waals surface area contributed by atoms with E-state index in [-0.39, 0.29) is 34.0 Å². The van der Waals surface area contributed by atoms with E-state index in [0.717, 1.165) is 23.2 Å². The van der Waals surface area contributed by atoms with Crippen LogP contribution in [0.1, 0.15) is 47.8 Å². The van der Waals surface area contributed by atoms with Crippen molar-refractivity contribution in [1.29, 1.82) is 0 Å². The molecule has 1 aliphatic heterocycles. The maximum atomic E-state index is 13.2. The normalized spacial score (nSPS) is 14.1. The lowest BCUT2D eigenvalue weighted by Crippen LogP contribution is -2.33. The molecule has 0 fully saturated rings. The van der Waals surface area contributed by atoms with Gasteiger partial charge < -0.3 is 10.2 Å². The van der Waals surface area contributed by atoms with Crippen LogP contribution in [0.15, 0.2) is 77.7 Å². The summed E-state index contributed by atoms with van der Waals surface area (Å²) in [5.74, 6) is -0.448. The molecule has 1 aliphatic rings. The van der Waals surface area contributed by atoms with E-state index in [1.807, 2.05) is 37.3 Å². The molecule has 1 atom stereocenters. The molecule has 0 spiro atoms. The van der Waals surface area contributed by atoms with Crippen LogP contribution < -0.4 is 14.9 Å². The van der Waals surface area contributed by atoms with Gasteiger partial charge in [0, 0.05) is 19.2 Å². The molecule has 0 aromatic heterocycles. The van der Waals surface area contributed by atoms with Gasteiger partial charge in [-0.25, -0.2) is 8.42 Å². The fraction of sp³-hybridized carbons (Fsp3) is 0.231. The topological polar surface area (TPSA) is 95.6 Å². The van der Waals surface area contributed by atoms with Crippen LogP contribution in [0.2, 0.25) is 0 Å². The number of sulfonamides is 1. The Labute approximate surface area is 199 Å². The number of hydrogen-bond donors (Lipinski definition) is 2. The number of para-hydroxylation sites is 1. The Morgan fingerprint density at radius 1 is 0.971 bits per heavy atom. The van der Waals surface area contributed by atoms with Gasteiger partial charge in [0.15, 0.2) is 0 Å². The predicted octanol–water partition coefficient (Wildman–Crippen LogP) is 4.28. The van der Waals surface area contributed by atoms with E-state index in [0.29, 0.717) is 13.0 Å². The van der Waals surface area contributed by atoms with Gasteiger partial charge in [-0.3, -0.25) is 14.3 Å². The van der Waals surface area contributed by atoms with Crippen molar-refractivity contribution in [2.75, 3.05) is 16.2 Å². The standard InChI is InChI=1S/C26H27N3O4S/c1-18(20-9-4-3-5-10-20)27-26(31)23-12-6-7-13-24(23)28-34(32,33)22-14-15-25-21(17-22)11-8-16-29(25)19(2)30/h3-7,9-10,12-15,17-18,28H,8,11,16H2,1-2H3,(H,27,31). The van der Waals surface area contributed by atoms with E-state index in [9.17, 15) is 18.0 Å². The van der Waals surface area contributed by atoms with Crippen molar-refractivity contribution in [2.45, 2.75) is 37.6 Å². The lowest BCUT2D eigenvalue weighted by Gasteiger charge is -2.28. The monoisotopic (exact) mass is 477 g/mol. The molecule has 1 unspecified atom stereocenters. The zero-order valence-corrected chi connectivity index (χ0v) is 19.9. The van der Waals surface area contributed by atoms with Crippen molar-refractivity contribution in [1.82, 2.24) is 5.32 Å². The molecule has 2 N–H and O–H groups in total. The maximum Gasteiger partial charge on any atom is 0.261 e. The van der Waals surface area contributed by atoms with E-state index < -0.39 is 10.0 Å². The minimum Gasteiger partial charge on any atom is -0.345 e. The number of fused-ring (bicyclic) bond motifs is 1. The highest BCUT2D eigenvalue weighted by molar-refractivity contribution is 7.92. The maximum absolute atomic E-state index is 13.2. The van der Waals surface area contributed by atoms with E-state index in [2.05, 4.69) is 10.0 Å². The zero-order chi connectivity index (χ0) is 24.3. The second-order valence-electron chi connectivity index (χ2n) is 8.32. The van der Waals surface area contributed by atoms with Crippen molar-refractivity contribution in [3.63, 3.8) is 0 Å². The molecular formula is C26H27N3O4S. The first-order chi connectivity index (χ1) is 16.3. The summed E-state index contributed by atoms with van der Waals surface area (Å²) in [6.45, 7) is 4.00. The first-order valence-electron chi connectivity index (χ1n) is 11.1. The molecule has 34 heavy (non-hydrogen) atoms. The molecular weight excluding hydrogens is 450 g/mol. The fourth-order valence-electron chi connectivity index (χ4n) is 4.14. The minimum absolute atomic E-state index is 0.0700. The van der Waals surface area contributed by atoms with Gasteiger partial charge in [0.05, 0.1) is 22.2 Å². The van der Waals surface area contributed by atoms with Crippen molar-refractivity contribution in [3.05, 3.63) is 89.5 Å². The van der Waals surface area contributed by atoms with Gasteiger partial charge in [-0.1, -0.05) is 42.5 Å². The average molecular weight is 478 g/mol. The average Bonchev–Trinajstić information content (AvgIpc) is 2.83. The van der Waals surface area contributed by atoms with E-state index in [1.54, 1.807) is 41.3 Å². The van der Waals surface area contributed by atoms with E-state index in [1.165, 1.54) is 13.0 Å². The van der Waals surface area contributed by atoms with Gasteiger partial charge >= 0.3 is 0 Å². The molecule has 8 heteroatoms. The van der Waals surface area contributed by atoms with Crippen molar-refractivity contribution >= 4 is 33.2 Å². The first-order valence-corrected chi connectivity index (χ1v) is 12.6. The number of amides is 2. The second kappa shape index (κ2) is 9.69. The van der Waals surface area contributed by atoms with Crippen LogP contribution in [0.3, 0.4) is 0 Å². The molecule has 0 radical (unpaired) electrons. The van der Waals surface area contributed by atoms with Crippen molar-refractivity contribution in [2.24, 2.45) is 0 Å². The van der Waals surface area contributed by atoms with Gasteiger partial charge in [0.2, 0.25) is 5.91 Å². The van der Waals surface area contributed by atoms with Crippen LogP contribution in [-0.4, -0.2) is 26.8 Å². The van der Waals surface area contributed by atoms with Crippen LogP contribution in [0.5, 0.6) is 0 Å². The number of carbonyl (C=O) groups is 2. The molecule has 0 bridgehead atoms. The number of hydrogen-bond acceptors (Lipinski definition) is 4. The molecule has 176 valence electrons. The van der Waals surface area contributed by atoms with Crippen LogP contribution >= 0.6 is 0 Å². The second-order valence-corrected chi connectivity index (χ2v) is 10.0. The van der Waals surface area contributed by atoms with E-state index in [4.69, 9.17) is 0 Å². The Morgan fingerprint density at radius 2 is 1.68 bits per heavy atom. The Bertz CT molecular complexity index is 1320. The highest BCUT2D eigenvalue weighted by atomic mass is 32.2. The first kappa shape index (κ1) is 23.5. The molecule has 7 nitrogen and oxygen atoms in total. The Balaban J connectivity index is 1.57. The molecule has 0 saturated carbocycles. The fourth-order valence-corrected chi connectivity index (χ4v) is 5.27. The van der Waals surface area contributed by atoms with Crippen LogP contribution in [0.25, 0.3) is 0 Å². The van der Waals surface area contributed by atoms with Crippen LogP contribution in [0.4, 0.5) is 11.4 Å². The molecule has 0 saturated heterocycles. The SMILES string of the molecule is CC(=O)N1CCCc2cc(S(=O)(=O)Nc3ccccc3C(=O)NC(C)c3ccccc3)ccc21. The van der Waals surface area contributed by atoms with Crippen molar-refractivity contribution in [3.8, 4) is 0 Å². The smallest absolute Gasteiger partial charge is 0.261 e. The summed E-state index contributed by atoms with van der Waals surface area (Å²) in [6.07, 6.45) is 1.46. The summed E-state index contributed by atoms with van der Waals surface area (Å²) < 4.78 is 29.0. The van der Waals surface area contributed by atoms with Gasteiger partial charge in [-0.15, -0.1) is 0 Å². The van der Waals surface area contributed by atoms with Gasteiger partial charge in [0.25, 0.3) is 15.9 Å². The predicted molar refractivity (Wildman–Crippen MR) is 132 cm³/mol. The zero-order valence-electron chi connectivity index (χ0n) is 19.1. The van der Waals surface area contributed by atoms with Gasteiger partial charge in [-0.05, 0) is 61.2 Å². The third-order valence-electron chi connectivity index (χ3n) is 5.92. The Hall–Kier alpha value is -3.65. The number of nitrogens with zero attached hydrogens (tertiary/aromatic N) is 1. The largest absolute Gasteiger partial charge is 0.345 e. The molecule has 2 amide bonds. The third kappa shape index (κ3) is 4.97. The lowest BCUT2D eigenvalue weighted by molar-refractivity contribution is -0.116. The van der Waals surface area contributed by atoms with Crippen molar-refractivity contribution < 1.29 is 18.0 Å². The molecule has 3 aromatic rings. The summed E-state index contributed by atoms with van der Waals surface area (Å²) in [4.78, 5) is 26.6. The third-order valence-corrected chi connectivity index (χ3v) is 7.29. The Morgan fingerprint density at radius 3 is 2.41 bits per heavy atom. The number of rotatable bonds is 6. The lowest BCUT2D eigenvalue weighted by atomic mass is 10.0. The number of anilines is 2. The summed E-state index contributed by atoms with van der Waals surface area (Å²) in [5, 5.41) is 2.92. The highest BCUT2D eigenvalue weighted by Gasteiger charge is 2.24. The summed E-state index contributed by atoms with van der Waals surface area (Å²) in [5.41, 5.74) is 2.93. The number of carbonyl (C=O) groups excluding carboxylic acids is 2. The molecule has 3 aromatic carbocycles. The number of benzene rings is 3. The summed E-state index contributed by atoms with van der Waals surface area (Å²) in [6, 6.07) is 20.6. The molecule has 0 aliphatic carbocycles. The quantitative estimate of drug-likeness (QED) is 0.554. The van der Waals surface area contributed by atoms with Crippen LogP contribution in [0, 0.1) is 0 Å². The minimum atomic E-state index is -3.95. The molecule has 4 rings (SSSR count). The number of aryl methyl sites for hydroxylation is 1. The summed E-state index contributed by atoms with van der Waals surface area (Å²) >= 11 is 0. The summed E-state index contributed by atoms with van der Waals surface area (Å²) in [7, 11) is -3.95. The van der Waals surface area contributed by atoms with Gasteiger partial charge in [-0.2, -0.15) is 0 Å². The van der Waals surface area contributed by atoms with E-state index >= 15 is 0 Å².